The second-order valence-electron chi connectivity index (χ2n) is 4.55. The second kappa shape index (κ2) is 2.76. The van der Waals surface area contributed by atoms with Crippen LogP contribution in [0.1, 0.15) is 20.8 Å². The molecule has 2 N–H and O–H groups in total. The van der Waals surface area contributed by atoms with Gasteiger partial charge in [0.05, 0.1) is 0 Å². The summed E-state index contributed by atoms with van der Waals surface area (Å²) in [4.78, 5) is 2.32. The molecule has 66 valence electrons. The highest BCUT2D eigenvalue weighted by atomic mass is 15.2. The molecular weight excluding hydrogens is 136 g/mol. The highest BCUT2D eigenvalue weighted by Crippen LogP contribution is 2.29. The Labute approximate surface area is 69.8 Å². The van der Waals surface area contributed by atoms with Gasteiger partial charge in [-0.25, -0.2) is 0 Å². The van der Waals surface area contributed by atoms with Crippen molar-refractivity contribution < 1.29 is 0 Å². The van der Waals surface area contributed by atoms with Gasteiger partial charge in [0.1, 0.15) is 0 Å². The molecule has 0 saturated carbocycles. The molecule has 1 heterocycles. The van der Waals surface area contributed by atoms with Gasteiger partial charge >= 0.3 is 0 Å². The quantitative estimate of drug-likeness (QED) is 0.612. The summed E-state index contributed by atoms with van der Waals surface area (Å²) in [6.45, 7) is 8.88. The van der Waals surface area contributed by atoms with Gasteiger partial charge in [-0.2, -0.15) is 0 Å². The van der Waals surface area contributed by atoms with Crippen molar-refractivity contribution in [2.45, 2.75) is 26.3 Å². The third-order valence-electron chi connectivity index (χ3n) is 2.77. The van der Waals surface area contributed by atoms with Gasteiger partial charge in [0, 0.05) is 18.6 Å². The molecule has 0 aromatic heterocycles. The molecule has 1 aliphatic rings. The van der Waals surface area contributed by atoms with Crippen molar-refractivity contribution in [1.29, 1.82) is 0 Å². The molecule has 0 amide bonds. The minimum atomic E-state index is 0.0307. The molecule has 0 spiro atoms. The van der Waals surface area contributed by atoms with Crippen LogP contribution in [0, 0.1) is 11.8 Å². The van der Waals surface area contributed by atoms with E-state index in [0.717, 1.165) is 13.1 Å². The van der Waals surface area contributed by atoms with Crippen LogP contribution in [0.25, 0.3) is 0 Å². The Morgan fingerprint density at radius 3 is 2.27 bits per heavy atom. The van der Waals surface area contributed by atoms with Crippen molar-refractivity contribution in [3.8, 4) is 0 Å². The molecule has 0 aromatic carbocycles. The fourth-order valence-electron chi connectivity index (χ4n) is 2.28. The fraction of sp³-hybridized carbons (Fsp3) is 1.00. The summed E-state index contributed by atoms with van der Waals surface area (Å²) in [7, 11) is 2.15. The van der Waals surface area contributed by atoms with E-state index in [-0.39, 0.29) is 5.54 Å². The molecule has 1 fully saturated rings. The second-order valence-corrected chi connectivity index (χ2v) is 4.55. The molecule has 1 rings (SSSR count). The van der Waals surface area contributed by atoms with Gasteiger partial charge in [-0.05, 0) is 25.8 Å². The number of nitrogens with two attached hydrogens (primary N) is 1. The van der Waals surface area contributed by atoms with E-state index in [1.807, 2.05) is 0 Å². The summed E-state index contributed by atoms with van der Waals surface area (Å²) in [5, 5.41) is 0. The largest absolute Gasteiger partial charge is 0.324 e. The van der Waals surface area contributed by atoms with E-state index < -0.39 is 0 Å². The van der Waals surface area contributed by atoms with Crippen molar-refractivity contribution in [2.24, 2.45) is 17.6 Å². The van der Waals surface area contributed by atoms with E-state index in [1.54, 1.807) is 0 Å². The molecular formula is C9H20N2. The molecule has 0 aromatic rings. The van der Waals surface area contributed by atoms with Gasteiger partial charge in [-0.1, -0.05) is 13.8 Å². The SMILES string of the molecule is CC(C)C1CN(C)CC1(C)N. The van der Waals surface area contributed by atoms with Crippen molar-refractivity contribution in [2.75, 3.05) is 20.1 Å². The average molecular weight is 156 g/mol. The summed E-state index contributed by atoms with van der Waals surface area (Å²) in [5.41, 5.74) is 6.20. The van der Waals surface area contributed by atoms with Gasteiger partial charge in [0.15, 0.2) is 0 Å². The number of likely N-dealkylation sites (tertiary alicyclic amines) is 1. The number of likely N-dealkylation sites (N-methyl/N-ethyl adjacent to an activating group) is 1. The van der Waals surface area contributed by atoms with E-state index in [4.69, 9.17) is 5.73 Å². The van der Waals surface area contributed by atoms with Crippen LogP contribution in [0.2, 0.25) is 0 Å². The maximum Gasteiger partial charge on any atom is 0.0297 e. The summed E-state index contributed by atoms with van der Waals surface area (Å²) in [6.07, 6.45) is 0. The minimum Gasteiger partial charge on any atom is -0.324 e. The van der Waals surface area contributed by atoms with Crippen LogP contribution in [-0.2, 0) is 0 Å². The number of hydrogen-bond acceptors (Lipinski definition) is 2. The van der Waals surface area contributed by atoms with Crippen molar-refractivity contribution >= 4 is 0 Å². The van der Waals surface area contributed by atoms with Crippen molar-refractivity contribution in [3.05, 3.63) is 0 Å². The Balaban J connectivity index is 2.66. The Hall–Kier alpha value is -0.0800. The normalized spacial score (nSPS) is 40.4. The Bertz CT molecular complexity index is 140. The summed E-state index contributed by atoms with van der Waals surface area (Å²) in [6, 6.07) is 0. The zero-order valence-electron chi connectivity index (χ0n) is 8.09. The zero-order chi connectivity index (χ0) is 8.65. The molecule has 2 nitrogen and oxygen atoms in total. The molecule has 0 radical (unpaired) electrons. The lowest BCUT2D eigenvalue weighted by molar-refractivity contribution is 0.290. The van der Waals surface area contributed by atoms with E-state index in [1.165, 1.54) is 0 Å². The Morgan fingerprint density at radius 2 is 2.09 bits per heavy atom. The van der Waals surface area contributed by atoms with Crippen LogP contribution in [0.4, 0.5) is 0 Å². The first kappa shape index (κ1) is 9.01. The molecule has 2 unspecified atom stereocenters. The zero-order valence-corrected chi connectivity index (χ0v) is 8.09. The molecule has 1 saturated heterocycles. The third-order valence-corrected chi connectivity index (χ3v) is 2.77. The van der Waals surface area contributed by atoms with E-state index >= 15 is 0 Å². The van der Waals surface area contributed by atoms with Gasteiger partial charge in [0.2, 0.25) is 0 Å². The maximum atomic E-state index is 6.17. The summed E-state index contributed by atoms with van der Waals surface area (Å²) < 4.78 is 0. The van der Waals surface area contributed by atoms with E-state index in [0.29, 0.717) is 11.8 Å². The van der Waals surface area contributed by atoms with E-state index in [9.17, 15) is 0 Å². The fourth-order valence-corrected chi connectivity index (χ4v) is 2.28. The van der Waals surface area contributed by atoms with Gasteiger partial charge in [-0.3, -0.25) is 0 Å². The first-order chi connectivity index (χ1) is 4.93. The third kappa shape index (κ3) is 1.74. The Morgan fingerprint density at radius 1 is 1.55 bits per heavy atom. The first-order valence-electron chi connectivity index (χ1n) is 4.41. The first-order valence-corrected chi connectivity index (χ1v) is 4.41. The van der Waals surface area contributed by atoms with Crippen molar-refractivity contribution in [3.63, 3.8) is 0 Å². The molecule has 2 heteroatoms. The van der Waals surface area contributed by atoms with E-state index in [2.05, 4.69) is 32.7 Å². The summed E-state index contributed by atoms with van der Waals surface area (Å²) in [5.74, 6) is 1.36. The maximum absolute atomic E-state index is 6.17. The monoisotopic (exact) mass is 156 g/mol. The van der Waals surface area contributed by atoms with Crippen LogP contribution in [-0.4, -0.2) is 30.6 Å². The van der Waals surface area contributed by atoms with Gasteiger partial charge in [-0.15, -0.1) is 0 Å². The highest BCUT2D eigenvalue weighted by molar-refractivity contribution is 4.97. The Kier molecular flexibility index (Phi) is 2.26. The number of hydrogen-bond donors (Lipinski definition) is 1. The smallest absolute Gasteiger partial charge is 0.0297 e. The predicted octanol–water partition coefficient (Wildman–Crippen LogP) is 0.921. The predicted molar refractivity (Wildman–Crippen MR) is 48.4 cm³/mol. The number of rotatable bonds is 1. The van der Waals surface area contributed by atoms with Crippen LogP contribution in [0.15, 0.2) is 0 Å². The standard InChI is InChI=1S/C9H20N2/c1-7(2)8-5-11(4)6-9(8,3)10/h7-8H,5-6,10H2,1-4H3. The lowest BCUT2D eigenvalue weighted by Crippen LogP contribution is -2.46. The van der Waals surface area contributed by atoms with Crippen molar-refractivity contribution in [1.82, 2.24) is 4.90 Å². The lowest BCUT2D eigenvalue weighted by atomic mass is 9.82. The molecule has 2 atom stereocenters. The van der Waals surface area contributed by atoms with Crippen LogP contribution in [0.5, 0.6) is 0 Å². The molecule has 0 bridgehead atoms. The topological polar surface area (TPSA) is 29.3 Å². The minimum absolute atomic E-state index is 0.0307. The van der Waals surface area contributed by atoms with Crippen LogP contribution in [0.3, 0.4) is 0 Å². The number of nitrogens with zero attached hydrogens (tertiary/aromatic N) is 1. The highest BCUT2D eigenvalue weighted by Gasteiger charge is 2.39. The summed E-state index contributed by atoms with van der Waals surface area (Å²) >= 11 is 0. The van der Waals surface area contributed by atoms with Gasteiger partial charge in [0.25, 0.3) is 0 Å². The molecule has 1 aliphatic heterocycles. The van der Waals surface area contributed by atoms with Gasteiger partial charge < -0.3 is 10.6 Å². The molecule has 11 heavy (non-hydrogen) atoms. The average Bonchev–Trinajstić information content (AvgIpc) is 2.04. The van der Waals surface area contributed by atoms with Crippen LogP contribution >= 0.6 is 0 Å². The lowest BCUT2D eigenvalue weighted by Gasteiger charge is -2.28. The van der Waals surface area contributed by atoms with Crippen LogP contribution < -0.4 is 5.73 Å². The molecule has 0 aliphatic carbocycles.